The summed E-state index contributed by atoms with van der Waals surface area (Å²) >= 11 is 0. The van der Waals surface area contributed by atoms with Crippen LogP contribution in [0, 0.1) is 6.57 Å². The van der Waals surface area contributed by atoms with Crippen molar-refractivity contribution in [2.75, 3.05) is 0 Å². The van der Waals surface area contributed by atoms with Gasteiger partial charge in [-0.25, -0.2) is 11.4 Å². The minimum atomic E-state index is -0.978. The van der Waals surface area contributed by atoms with E-state index in [0.717, 1.165) is 0 Å². The van der Waals surface area contributed by atoms with Crippen molar-refractivity contribution in [2.45, 2.75) is 26.8 Å². The summed E-state index contributed by atoms with van der Waals surface area (Å²) in [5.41, 5.74) is 0.786. The Morgan fingerprint density at radius 3 is 2.40 bits per heavy atom. The van der Waals surface area contributed by atoms with E-state index in [4.69, 9.17) is 11.7 Å². The van der Waals surface area contributed by atoms with Crippen molar-refractivity contribution < 1.29 is 9.90 Å². The molecule has 3 nitrogen and oxygen atoms in total. The second-order valence-corrected chi connectivity index (χ2v) is 2.99. The molecule has 0 fully saturated rings. The van der Waals surface area contributed by atoms with Crippen LogP contribution in [-0.2, 0) is 6.54 Å². The van der Waals surface area contributed by atoms with Gasteiger partial charge in [0.2, 0.25) is 6.54 Å². The maximum absolute atomic E-state index is 10.6. The van der Waals surface area contributed by atoms with Crippen LogP contribution < -0.4 is 0 Å². The molecule has 0 aromatic heterocycles. The average molecular weight is 205 g/mol. The zero-order valence-corrected chi connectivity index (χ0v) is 9.03. The van der Waals surface area contributed by atoms with E-state index >= 15 is 0 Å². The Hall–Kier alpha value is -1.82. The van der Waals surface area contributed by atoms with Gasteiger partial charge in [-0.3, -0.25) is 0 Å². The molecule has 0 heterocycles. The molecule has 0 unspecified atom stereocenters. The molecule has 0 spiro atoms. The van der Waals surface area contributed by atoms with E-state index in [0.29, 0.717) is 5.56 Å². The predicted molar refractivity (Wildman–Crippen MR) is 59.7 cm³/mol. The van der Waals surface area contributed by atoms with Crippen LogP contribution in [-0.4, -0.2) is 11.1 Å². The first-order valence-electron chi connectivity index (χ1n) is 4.81. The van der Waals surface area contributed by atoms with Crippen molar-refractivity contribution >= 4 is 5.97 Å². The van der Waals surface area contributed by atoms with Crippen LogP contribution in [0.1, 0.15) is 36.2 Å². The summed E-state index contributed by atoms with van der Waals surface area (Å²) in [6.07, 6.45) is 1.25. The van der Waals surface area contributed by atoms with Gasteiger partial charge in [-0.05, 0) is 6.07 Å². The molecule has 0 bridgehead atoms. The monoisotopic (exact) mass is 205 g/mol. The largest absolute Gasteiger partial charge is 0.478 e. The molecule has 0 radical (unpaired) electrons. The highest BCUT2D eigenvalue weighted by molar-refractivity contribution is 5.89. The number of aromatic carboxylic acids is 1. The van der Waals surface area contributed by atoms with Crippen LogP contribution in [0.5, 0.6) is 0 Å². The van der Waals surface area contributed by atoms with Crippen LogP contribution in [0.15, 0.2) is 24.3 Å². The lowest BCUT2D eigenvalue weighted by Crippen LogP contribution is -2.00. The van der Waals surface area contributed by atoms with Gasteiger partial charge in [0.1, 0.15) is 0 Å². The highest BCUT2D eigenvalue weighted by Gasteiger charge is 2.09. The lowest BCUT2D eigenvalue weighted by Gasteiger charge is -1.97. The van der Waals surface area contributed by atoms with Gasteiger partial charge in [-0.1, -0.05) is 38.5 Å². The Labute approximate surface area is 90.2 Å². The first-order valence-corrected chi connectivity index (χ1v) is 4.81. The molecule has 1 aromatic carbocycles. The minimum absolute atomic E-state index is 0.127. The van der Waals surface area contributed by atoms with E-state index in [1.807, 2.05) is 0 Å². The lowest BCUT2D eigenvalue weighted by molar-refractivity contribution is 0.0696. The Kier molecular flexibility index (Phi) is 6.65. The van der Waals surface area contributed by atoms with E-state index in [2.05, 4.69) is 18.7 Å². The van der Waals surface area contributed by atoms with E-state index in [-0.39, 0.29) is 12.1 Å². The normalized spacial score (nSPS) is 8.33. The quantitative estimate of drug-likeness (QED) is 0.753. The van der Waals surface area contributed by atoms with Crippen molar-refractivity contribution in [3.63, 3.8) is 0 Å². The van der Waals surface area contributed by atoms with E-state index in [1.54, 1.807) is 18.2 Å². The van der Waals surface area contributed by atoms with Crippen molar-refractivity contribution in [1.82, 2.24) is 0 Å². The maximum atomic E-state index is 10.6. The average Bonchev–Trinajstić information content (AvgIpc) is 2.20. The van der Waals surface area contributed by atoms with Gasteiger partial charge in [-0.15, -0.1) is 0 Å². The van der Waals surface area contributed by atoms with Crippen LogP contribution in [0.25, 0.3) is 4.85 Å². The van der Waals surface area contributed by atoms with Crippen molar-refractivity contribution in [3.05, 3.63) is 46.8 Å². The molecular weight excluding hydrogens is 190 g/mol. The van der Waals surface area contributed by atoms with Crippen LogP contribution >= 0.6 is 0 Å². The third-order valence-corrected chi connectivity index (χ3v) is 1.50. The van der Waals surface area contributed by atoms with Gasteiger partial charge in [0.25, 0.3) is 0 Å². The molecule has 0 aliphatic rings. The van der Waals surface area contributed by atoms with Gasteiger partial charge >= 0.3 is 5.97 Å². The summed E-state index contributed by atoms with van der Waals surface area (Å²) in [6.45, 7) is 11.0. The fraction of sp³-hybridized carbons (Fsp3) is 0.333. The van der Waals surface area contributed by atoms with Gasteiger partial charge in [0, 0.05) is 5.56 Å². The van der Waals surface area contributed by atoms with Crippen molar-refractivity contribution in [2.24, 2.45) is 0 Å². The number of benzene rings is 1. The standard InChI is InChI=1S/C9H7NO2.C3H8/c1-10-6-7-4-2-3-5-8(7)9(11)12;1-3-2/h2-5H,6H2,(H,11,12);3H2,1-2H3. The zero-order chi connectivity index (χ0) is 11.7. The fourth-order valence-corrected chi connectivity index (χ4v) is 0.952. The van der Waals surface area contributed by atoms with E-state index in [1.165, 1.54) is 12.5 Å². The lowest BCUT2D eigenvalue weighted by atomic mass is 10.1. The second kappa shape index (κ2) is 7.57. The SMILES string of the molecule is CCC.[C-]#[N+]Cc1ccccc1C(=O)O. The molecule has 3 heteroatoms. The zero-order valence-electron chi connectivity index (χ0n) is 9.03. The number of nitrogens with zero attached hydrogens (tertiary/aromatic N) is 1. The van der Waals surface area contributed by atoms with Gasteiger partial charge in [0.15, 0.2) is 0 Å². The number of hydrogen-bond acceptors (Lipinski definition) is 1. The molecule has 0 saturated carbocycles. The summed E-state index contributed by atoms with van der Waals surface area (Å²) in [4.78, 5) is 13.7. The number of rotatable bonds is 2. The number of carboxylic acids is 1. The van der Waals surface area contributed by atoms with Crippen molar-refractivity contribution in [3.8, 4) is 0 Å². The first kappa shape index (κ1) is 13.2. The molecule has 1 rings (SSSR count). The van der Waals surface area contributed by atoms with Crippen LogP contribution in [0.3, 0.4) is 0 Å². The molecule has 1 aromatic rings. The van der Waals surface area contributed by atoms with Gasteiger partial charge in [0.05, 0.1) is 5.56 Å². The Morgan fingerprint density at radius 2 is 1.93 bits per heavy atom. The summed E-state index contributed by atoms with van der Waals surface area (Å²) < 4.78 is 0. The molecule has 0 saturated heterocycles. The summed E-state index contributed by atoms with van der Waals surface area (Å²) in [5, 5.41) is 8.69. The van der Waals surface area contributed by atoms with Crippen molar-refractivity contribution in [1.29, 1.82) is 0 Å². The van der Waals surface area contributed by atoms with Crippen LogP contribution in [0.2, 0.25) is 0 Å². The topological polar surface area (TPSA) is 41.7 Å². The number of carbonyl (C=O) groups is 1. The molecule has 0 amide bonds. The molecule has 15 heavy (non-hydrogen) atoms. The Bertz CT molecular complexity index is 353. The molecule has 1 N–H and O–H groups in total. The van der Waals surface area contributed by atoms with Gasteiger partial charge in [-0.2, -0.15) is 0 Å². The molecular formula is C12H15NO2. The molecule has 0 aliphatic heterocycles. The molecule has 80 valence electrons. The summed E-state index contributed by atoms with van der Waals surface area (Å²) in [5.74, 6) is -0.978. The fourth-order valence-electron chi connectivity index (χ4n) is 0.952. The van der Waals surface area contributed by atoms with E-state index < -0.39 is 5.97 Å². The smallest absolute Gasteiger partial charge is 0.336 e. The number of carboxylic acid groups (broad SMARTS) is 1. The van der Waals surface area contributed by atoms with Gasteiger partial charge < -0.3 is 9.95 Å². The predicted octanol–water partition coefficient (Wildman–Crippen LogP) is 3.22. The highest BCUT2D eigenvalue weighted by Crippen LogP contribution is 2.09. The third-order valence-electron chi connectivity index (χ3n) is 1.50. The van der Waals surface area contributed by atoms with E-state index in [9.17, 15) is 4.79 Å². The number of hydrogen-bond donors (Lipinski definition) is 1. The minimum Gasteiger partial charge on any atom is -0.478 e. The van der Waals surface area contributed by atoms with Crippen LogP contribution in [0.4, 0.5) is 0 Å². The molecule has 0 aliphatic carbocycles. The third kappa shape index (κ3) is 4.82. The maximum Gasteiger partial charge on any atom is 0.336 e. The highest BCUT2D eigenvalue weighted by atomic mass is 16.4. The second-order valence-electron chi connectivity index (χ2n) is 2.99. The summed E-state index contributed by atoms with van der Waals surface area (Å²) in [6, 6.07) is 6.54. The Morgan fingerprint density at radius 1 is 1.40 bits per heavy atom. The first-order chi connectivity index (χ1) is 7.17. The molecule has 0 atom stereocenters. The summed E-state index contributed by atoms with van der Waals surface area (Å²) in [7, 11) is 0. The Balaban J connectivity index is 0.000000583.